The topological polar surface area (TPSA) is 99.8 Å². The maximum Gasteiger partial charge on any atom is 0.250 e. The summed E-state index contributed by atoms with van der Waals surface area (Å²) < 4.78 is 5.92. The number of benzene rings is 2. The van der Waals surface area contributed by atoms with Crippen LogP contribution < -0.4 is 15.4 Å². The molecule has 0 atom stereocenters. The van der Waals surface area contributed by atoms with Gasteiger partial charge in [-0.2, -0.15) is 0 Å². The first kappa shape index (κ1) is 29.3. The third-order valence-corrected chi connectivity index (χ3v) is 7.24. The number of H-pyrrole nitrogens is 1. The first-order valence-corrected chi connectivity index (χ1v) is 13.5. The van der Waals surface area contributed by atoms with E-state index in [9.17, 15) is 4.79 Å². The summed E-state index contributed by atoms with van der Waals surface area (Å²) in [5.74, 6) is 0.627. The van der Waals surface area contributed by atoms with E-state index >= 15 is 0 Å². The monoisotopic (exact) mass is 550 g/mol. The van der Waals surface area contributed by atoms with E-state index in [4.69, 9.17) is 15.5 Å². The van der Waals surface area contributed by atoms with Crippen molar-refractivity contribution in [3.8, 4) is 28.1 Å². The highest BCUT2D eigenvalue weighted by Gasteiger charge is 2.22. The zero-order chi connectivity index (χ0) is 29.7. The summed E-state index contributed by atoms with van der Waals surface area (Å²) in [6.45, 7) is 9.09. The maximum absolute atomic E-state index is 12.4. The molecule has 0 radical (unpaired) electrons. The van der Waals surface area contributed by atoms with E-state index in [-0.39, 0.29) is 5.91 Å². The number of carbonyl (C=O) groups is 1. The minimum atomic E-state index is -0.182. The highest BCUT2D eigenvalue weighted by molar-refractivity contribution is 6.23. The van der Waals surface area contributed by atoms with Crippen molar-refractivity contribution in [1.29, 1.82) is 0 Å². The molecule has 0 aliphatic carbocycles. The number of aliphatic imine (C=N–C) groups is 1. The predicted octanol–water partition coefficient (Wildman–Crippen LogP) is 5.68. The molecule has 0 aliphatic rings. The second kappa shape index (κ2) is 12.7. The molecular weight excluding hydrogens is 512 g/mol. The van der Waals surface area contributed by atoms with Gasteiger partial charge in [0.2, 0.25) is 5.91 Å². The molecule has 2 aromatic carbocycles. The highest BCUT2D eigenvalue weighted by Crippen LogP contribution is 2.42. The van der Waals surface area contributed by atoms with Gasteiger partial charge >= 0.3 is 0 Å². The number of nitrogens with two attached hydrogens (primary N) is 1. The Hall–Kier alpha value is -4.69. The van der Waals surface area contributed by atoms with Crippen LogP contribution in [-0.4, -0.2) is 67.8 Å². The molecule has 3 N–H and O–H groups in total. The van der Waals surface area contributed by atoms with Gasteiger partial charge in [0.1, 0.15) is 18.0 Å². The van der Waals surface area contributed by atoms with Crippen molar-refractivity contribution in [2.45, 2.75) is 13.8 Å². The zero-order valence-electron chi connectivity index (χ0n) is 24.7. The van der Waals surface area contributed by atoms with Gasteiger partial charge in [0.15, 0.2) is 0 Å². The second-order valence-corrected chi connectivity index (χ2v) is 10.1. The number of aromatic amines is 1. The first-order chi connectivity index (χ1) is 19.7. The molecule has 0 unspecified atom stereocenters. The van der Waals surface area contributed by atoms with Gasteiger partial charge in [0.05, 0.1) is 5.69 Å². The lowest BCUT2D eigenvalue weighted by atomic mass is 9.92. The van der Waals surface area contributed by atoms with E-state index in [0.717, 1.165) is 73.8 Å². The smallest absolute Gasteiger partial charge is 0.250 e. The number of nitrogens with one attached hydrogen (secondary N) is 1. The molecule has 0 bridgehead atoms. The van der Waals surface area contributed by atoms with Crippen LogP contribution in [0.15, 0.2) is 78.6 Å². The number of rotatable bonds is 10. The molecule has 0 fully saturated rings. The third kappa shape index (κ3) is 6.07. The Balaban J connectivity index is 1.93. The fourth-order valence-corrected chi connectivity index (χ4v) is 4.81. The number of carbonyl (C=O) groups excluding carboxylic acids is 1. The summed E-state index contributed by atoms with van der Waals surface area (Å²) in [4.78, 5) is 28.8. The van der Waals surface area contributed by atoms with Crippen molar-refractivity contribution in [1.82, 2.24) is 14.9 Å². The number of allylic oxidation sites excluding steroid dienone is 1. The fourth-order valence-electron chi connectivity index (χ4n) is 4.81. The van der Waals surface area contributed by atoms with E-state index in [1.807, 2.05) is 75.7 Å². The number of fused-ring (bicyclic) bond motifs is 1. The largest absolute Gasteiger partial charge is 0.492 e. The van der Waals surface area contributed by atoms with Crippen molar-refractivity contribution in [2.24, 2.45) is 10.7 Å². The first-order valence-electron chi connectivity index (χ1n) is 13.5. The number of pyridine rings is 1. The average Bonchev–Trinajstić information content (AvgIpc) is 3.38. The number of hydrogen-bond donors (Lipinski definition) is 2. The maximum atomic E-state index is 12.4. The lowest BCUT2D eigenvalue weighted by Gasteiger charge is -2.17. The summed E-state index contributed by atoms with van der Waals surface area (Å²) in [6.07, 6.45) is 4.73. The summed E-state index contributed by atoms with van der Waals surface area (Å²) in [5.41, 5.74) is 15.0. The molecule has 2 aromatic heterocycles. The van der Waals surface area contributed by atoms with Crippen molar-refractivity contribution in [3.05, 3.63) is 84.7 Å². The van der Waals surface area contributed by atoms with E-state index in [0.29, 0.717) is 6.61 Å². The van der Waals surface area contributed by atoms with Crippen LogP contribution in [0.1, 0.15) is 18.1 Å². The van der Waals surface area contributed by atoms with Gasteiger partial charge < -0.3 is 25.3 Å². The second-order valence-electron chi connectivity index (χ2n) is 10.1. The number of ether oxygens (including phenoxy) is 1. The quantitative estimate of drug-likeness (QED) is 0.195. The van der Waals surface area contributed by atoms with Gasteiger partial charge in [0.25, 0.3) is 0 Å². The fraction of sp³-hybridized carbons (Fsp3) is 0.242. The van der Waals surface area contributed by atoms with Crippen LogP contribution >= 0.6 is 0 Å². The van der Waals surface area contributed by atoms with Gasteiger partial charge in [0, 0.05) is 66.5 Å². The Morgan fingerprint density at radius 2 is 1.88 bits per heavy atom. The predicted molar refractivity (Wildman–Crippen MR) is 171 cm³/mol. The van der Waals surface area contributed by atoms with Crippen LogP contribution in [-0.2, 0) is 4.79 Å². The molecule has 8 heteroatoms. The lowest BCUT2D eigenvalue weighted by Crippen LogP contribution is -2.23. The van der Waals surface area contributed by atoms with Gasteiger partial charge in [-0.15, -0.1) is 0 Å². The van der Waals surface area contributed by atoms with E-state index in [2.05, 4.69) is 28.4 Å². The number of nitrogens with zero attached hydrogens (tertiary/aromatic N) is 4. The van der Waals surface area contributed by atoms with E-state index < -0.39 is 0 Å². The van der Waals surface area contributed by atoms with Crippen molar-refractivity contribution >= 4 is 33.9 Å². The van der Waals surface area contributed by atoms with Crippen LogP contribution in [0.5, 0.6) is 5.75 Å². The summed E-state index contributed by atoms with van der Waals surface area (Å²) in [7, 11) is 7.53. The van der Waals surface area contributed by atoms with Crippen molar-refractivity contribution in [2.75, 3.05) is 46.2 Å². The number of aryl methyl sites for hydroxylation is 1. The molecule has 0 saturated heterocycles. The molecule has 4 rings (SSSR count). The third-order valence-electron chi connectivity index (χ3n) is 7.24. The standard InChI is InChI=1S/C33H38N6O2/c1-8-29(40)39(7)25-11-9-10-24(18-25)31-30-21(2)28(27(19-34)22(3)35-4)20-36-33(30)37-32(31)23-12-14-26(15-13-23)41-17-16-38(5)6/h8-15,18-20H,1,16-17,34H2,2-7H3,(H,36,37). The van der Waals surface area contributed by atoms with Crippen LogP contribution in [0.25, 0.3) is 39.0 Å². The SMILES string of the molecule is C=CC(=O)N(C)c1cccc(-c2c(-c3ccc(OCCN(C)C)cc3)[nH]c3ncc(C(=CN)C(C)=NC)c(C)c23)c1. The lowest BCUT2D eigenvalue weighted by molar-refractivity contribution is -0.113. The molecule has 212 valence electrons. The van der Waals surface area contributed by atoms with Gasteiger partial charge in [-0.05, 0) is 87.1 Å². The molecule has 1 amide bonds. The van der Waals surface area contributed by atoms with Crippen LogP contribution in [0.2, 0.25) is 0 Å². The Morgan fingerprint density at radius 3 is 2.51 bits per heavy atom. The van der Waals surface area contributed by atoms with Crippen LogP contribution in [0, 0.1) is 6.92 Å². The molecule has 0 aliphatic heterocycles. The highest BCUT2D eigenvalue weighted by atomic mass is 16.5. The summed E-state index contributed by atoms with van der Waals surface area (Å²) >= 11 is 0. The van der Waals surface area contributed by atoms with Crippen molar-refractivity contribution < 1.29 is 9.53 Å². The number of aromatic nitrogens is 2. The van der Waals surface area contributed by atoms with Crippen LogP contribution in [0.4, 0.5) is 5.69 Å². The Morgan fingerprint density at radius 1 is 1.15 bits per heavy atom. The average molecular weight is 551 g/mol. The molecule has 0 saturated carbocycles. The normalized spacial score (nSPS) is 12.2. The van der Waals surface area contributed by atoms with Gasteiger partial charge in [-0.25, -0.2) is 4.98 Å². The zero-order valence-corrected chi connectivity index (χ0v) is 24.7. The van der Waals surface area contributed by atoms with Crippen LogP contribution in [0.3, 0.4) is 0 Å². The van der Waals surface area contributed by atoms with Crippen molar-refractivity contribution in [3.63, 3.8) is 0 Å². The van der Waals surface area contributed by atoms with E-state index in [1.165, 1.54) is 6.08 Å². The Labute approximate surface area is 241 Å². The number of hydrogen-bond acceptors (Lipinski definition) is 6. The Bertz CT molecular complexity index is 1630. The van der Waals surface area contributed by atoms with Gasteiger partial charge in [-0.1, -0.05) is 18.7 Å². The minimum absolute atomic E-state index is 0.182. The number of amides is 1. The summed E-state index contributed by atoms with van der Waals surface area (Å²) in [5, 5.41) is 0.974. The molecular formula is C33H38N6O2. The summed E-state index contributed by atoms with van der Waals surface area (Å²) in [6, 6.07) is 16.0. The number of anilines is 1. The number of likely N-dealkylation sites (N-methyl/N-ethyl adjacent to an activating group) is 2. The minimum Gasteiger partial charge on any atom is -0.492 e. The Kier molecular flexibility index (Phi) is 9.04. The molecule has 4 aromatic rings. The van der Waals surface area contributed by atoms with Gasteiger partial charge in [-0.3, -0.25) is 9.79 Å². The molecule has 8 nitrogen and oxygen atoms in total. The molecule has 0 spiro atoms. The molecule has 41 heavy (non-hydrogen) atoms. The molecule has 2 heterocycles. The van der Waals surface area contributed by atoms with E-state index in [1.54, 1.807) is 25.2 Å².